The van der Waals surface area contributed by atoms with Crippen molar-refractivity contribution in [1.29, 1.82) is 0 Å². The highest BCUT2D eigenvalue weighted by Gasteiger charge is 2.08. The number of aromatic amines is 3. The molecule has 0 saturated heterocycles. The highest BCUT2D eigenvalue weighted by atomic mass is 14.9. The van der Waals surface area contributed by atoms with E-state index in [0.717, 1.165) is 46.3 Å². The van der Waals surface area contributed by atoms with Gasteiger partial charge in [0.25, 0.3) is 0 Å². The molecule has 0 bridgehead atoms. The van der Waals surface area contributed by atoms with Crippen molar-refractivity contribution in [2.24, 2.45) is 0 Å². The fraction of sp³-hybridized carbons (Fsp3) is 0.120. The number of H-pyrrole nitrogens is 3. The van der Waals surface area contributed by atoms with Crippen LogP contribution < -0.4 is 0 Å². The lowest BCUT2D eigenvalue weighted by molar-refractivity contribution is 1.03. The Morgan fingerprint density at radius 1 is 0.800 bits per heavy atom. The Hall–Kier alpha value is -3.86. The molecule has 2 aromatic carbocycles. The van der Waals surface area contributed by atoms with Gasteiger partial charge in [-0.1, -0.05) is 12.1 Å². The van der Waals surface area contributed by atoms with Crippen LogP contribution in [0.1, 0.15) is 28.2 Å². The fourth-order valence-electron chi connectivity index (χ4n) is 4.19. The maximum atomic E-state index is 4.74. The summed E-state index contributed by atoms with van der Waals surface area (Å²) >= 11 is 0. The second-order valence-corrected chi connectivity index (χ2v) is 8.03. The van der Waals surface area contributed by atoms with Crippen molar-refractivity contribution in [1.82, 2.24) is 24.9 Å². The zero-order valence-corrected chi connectivity index (χ0v) is 16.7. The predicted molar refractivity (Wildman–Crippen MR) is 121 cm³/mol. The summed E-state index contributed by atoms with van der Waals surface area (Å²) in [6, 6.07) is 19.4. The number of benzene rings is 2. The van der Waals surface area contributed by atoms with Crippen molar-refractivity contribution in [3.05, 3.63) is 95.2 Å². The van der Waals surface area contributed by atoms with Crippen LogP contribution in [0.2, 0.25) is 0 Å². The van der Waals surface area contributed by atoms with E-state index in [4.69, 9.17) is 4.98 Å². The molecule has 0 saturated carbocycles. The molecular weight excluding hydrogens is 370 g/mol. The Kier molecular flexibility index (Phi) is 3.74. The van der Waals surface area contributed by atoms with Crippen LogP contribution in [0.15, 0.2) is 67.0 Å². The molecule has 0 fully saturated rings. The summed E-state index contributed by atoms with van der Waals surface area (Å²) in [5, 5.41) is 2.38. The van der Waals surface area contributed by atoms with Crippen molar-refractivity contribution >= 4 is 33.0 Å². The van der Waals surface area contributed by atoms with Gasteiger partial charge in [0.15, 0.2) is 0 Å². The van der Waals surface area contributed by atoms with Crippen LogP contribution in [0.4, 0.5) is 0 Å². The van der Waals surface area contributed by atoms with Crippen LogP contribution in [0.25, 0.3) is 33.0 Å². The SMILES string of the molecule is Cc1ccc2[nH]c(Cc3cnc4[nH]c(Cc5ccc6[nH]ccc6c5)cc4c3)nc2c1. The maximum absolute atomic E-state index is 4.74. The average molecular weight is 391 g/mol. The molecule has 146 valence electrons. The van der Waals surface area contributed by atoms with E-state index in [-0.39, 0.29) is 0 Å². The monoisotopic (exact) mass is 391 g/mol. The molecule has 6 aromatic rings. The molecule has 0 unspecified atom stereocenters. The number of fused-ring (bicyclic) bond motifs is 3. The molecule has 5 heteroatoms. The van der Waals surface area contributed by atoms with Crippen molar-refractivity contribution in [3.63, 3.8) is 0 Å². The number of nitrogens with one attached hydrogen (secondary N) is 3. The summed E-state index contributed by atoms with van der Waals surface area (Å²) < 4.78 is 0. The molecule has 4 heterocycles. The molecule has 3 N–H and O–H groups in total. The third kappa shape index (κ3) is 3.05. The highest BCUT2D eigenvalue weighted by molar-refractivity contribution is 5.81. The summed E-state index contributed by atoms with van der Waals surface area (Å²) in [6.07, 6.45) is 5.51. The molecule has 0 atom stereocenters. The standard InChI is InChI=1S/C25H21N5/c1-15-2-4-22-23(8-15)30-24(29-22)12-17-10-19-13-20(28-25(19)27-14-17)11-16-3-5-21-18(9-16)6-7-26-21/h2-10,13-14,26H,11-12H2,1H3,(H,27,28)(H,29,30). The molecule has 4 aromatic heterocycles. The Morgan fingerprint density at radius 2 is 1.70 bits per heavy atom. The Morgan fingerprint density at radius 3 is 2.67 bits per heavy atom. The van der Waals surface area contributed by atoms with Gasteiger partial charge in [0.1, 0.15) is 11.5 Å². The van der Waals surface area contributed by atoms with Crippen LogP contribution in [0.5, 0.6) is 0 Å². The number of nitrogens with zero attached hydrogens (tertiary/aromatic N) is 2. The Bertz CT molecular complexity index is 1520. The number of pyridine rings is 1. The van der Waals surface area contributed by atoms with Gasteiger partial charge >= 0.3 is 0 Å². The molecule has 0 amide bonds. The number of aromatic nitrogens is 5. The highest BCUT2D eigenvalue weighted by Crippen LogP contribution is 2.21. The Balaban J connectivity index is 1.27. The van der Waals surface area contributed by atoms with E-state index < -0.39 is 0 Å². The van der Waals surface area contributed by atoms with E-state index in [1.165, 1.54) is 27.7 Å². The molecule has 0 aliphatic heterocycles. The second kappa shape index (κ2) is 6.59. The smallest absolute Gasteiger partial charge is 0.137 e. The second-order valence-electron chi connectivity index (χ2n) is 8.03. The van der Waals surface area contributed by atoms with Crippen molar-refractivity contribution in [3.8, 4) is 0 Å². The van der Waals surface area contributed by atoms with Gasteiger partial charge in [-0.2, -0.15) is 0 Å². The third-order valence-electron chi connectivity index (χ3n) is 5.65. The number of rotatable bonds is 4. The Labute approximate surface area is 173 Å². The van der Waals surface area contributed by atoms with Crippen LogP contribution in [-0.4, -0.2) is 24.9 Å². The van der Waals surface area contributed by atoms with Gasteiger partial charge in [-0.15, -0.1) is 0 Å². The molecule has 30 heavy (non-hydrogen) atoms. The van der Waals surface area contributed by atoms with Gasteiger partial charge in [0, 0.05) is 41.8 Å². The van der Waals surface area contributed by atoms with E-state index in [9.17, 15) is 0 Å². The summed E-state index contributed by atoms with van der Waals surface area (Å²) in [6.45, 7) is 2.09. The van der Waals surface area contributed by atoms with Gasteiger partial charge in [0.05, 0.1) is 11.0 Å². The minimum atomic E-state index is 0.737. The van der Waals surface area contributed by atoms with Crippen LogP contribution in [-0.2, 0) is 12.8 Å². The molecule has 0 aliphatic carbocycles. The number of imidazole rings is 1. The van der Waals surface area contributed by atoms with E-state index in [1.54, 1.807) is 0 Å². The number of hydrogen-bond donors (Lipinski definition) is 3. The lowest BCUT2D eigenvalue weighted by Gasteiger charge is -1.99. The first-order valence-electron chi connectivity index (χ1n) is 10.2. The molecule has 6 rings (SSSR count). The van der Waals surface area contributed by atoms with Gasteiger partial charge in [-0.3, -0.25) is 0 Å². The molecule has 0 aliphatic rings. The molecule has 5 nitrogen and oxygen atoms in total. The van der Waals surface area contributed by atoms with Crippen molar-refractivity contribution in [2.75, 3.05) is 0 Å². The molecular formula is C25H21N5. The maximum Gasteiger partial charge on any atom is 0.137 e. The number of aryl methyl sites for hydroxylation is 1. The quantitative estimate of drug-likeness (QED) is 0.376. The summed E-state index contributed by atoms with van der Waals surface area (Å²) in [7, 11) is 0. The zero-order valence-electron chi connectivity index (χ0n) is 16.7. The summed E-state index contributed by atoms with van der Waals surface area (Å²) in [5.74, 6) is 0.965. The topological polar surface area (TPSA) is 73.2 Å². The predicted octanol–water partition coefficient (Wildman–Crippen LogP) is 5.41. The van der Waals surface area contributed by atoms with E-state index in [1.807, 2.05) is 12.4 Å². The van der Waals surface area contributed by atoms with Crippen LogP contribution in [0, 0.1) is 6.92 Å². The van der Waals surface area contributed by atoms with Crippen LogP contribution >= 0.6 is 0 Å². The number of hydrogen-bond acceptors (Lipinski definition) is 2. The first-order valence-corrected chi connectivity index (χ1v) is 10.2. The van der Waals surface area contributed by atoms with Gasteiger partial charge < -0.3 is 15.0 Å². The van der Waals surface area contributed by atoms with Gasteiger partial charge in [-0.05, 0) is 71.5 Å². The zero-order chi connectivity index (χ0) is 20.1. The minimum Gasteiger partial charge on any atom is -0.361 e. The summed E-state index contributed by atoms with van der Waals surface area (Å²) in [5.41, 5.74) is 9.02. The molecule has 0 radical (unpaired) electrons. The van der Waals surface area contributed by atoms with Crippen LogP contribution in [0.3, 0.4) is 0 Å². The lowest BCUT2D eigenvalue weighted by Crippen LogP contribution is -1.92. The van der Waals surface area contributed by atoms with E-state index >= 15 is 0 Å². The summed E-state index contributed by atoms with van der Waals surface area (Å²) in [4.78, 5) is 19.5. The van der Waals surface area contributed by atoms with Gasteiger partial charge in [0.2, 0.25) is 0 Å². The first kappa shape index (κ1) is 17.0. The largest absolute Gasteiger partial charge is 0.361 e. The minimum absolute atomic E-state index is 0.737. The lowest BCUT2D eigenvalue weighted by atomic mass is 10.1. The fourth-order valence-corrected chi connectivity index (χ4v) is 4.19. The molecule has 0 spiro atoms. The van der Waals surface area contributed by atoms with Gasteiger partial charge in [-0.25, -0.2) is 9.97 Å². The first-order chi connectivity index (χ1) is 14.7. The van der Waals surface area contributed by atoms with E-state index in [0.29, 0.717) is 0 Å². The normalized spacial score (nSPS) is 11.8. The average Bonchev–Trinajstić information content (AvgIpc) is 3.44. The van der Waals surface area contributed by atoms with Crippen molar-refractivity contribution in [2.45, 2.75) is 19.8 Å². The third-order valence-corrected chi connectivity index (χ3v) is 5.65. The van der Waals surface area contributed by atoms with E-state index in [2.05, 4.69) is 81.5 Å². The van der Waals surface area contributed by atoms with Crippen molar-refractivity contribution < 1.29 is 0 Å².